The van der Waals surface area contributed by atoms with Crippen molar-refractivity contribution < 1.29 is 9.84 Å². The molecule has 0 aliphatic heterocycles. The van der Waals surface area contributed by atoms with Gasteiger partial charge in [0, 0.05) is 7.11 Å². The lowest BCUT2D eigenvalue weighted by Crippen LogP contribution is -2.36. The van der Waals surface area contributed by atoms with E-state index in [2.05, 4.69) is 6.92 Å². The number of unbranched alkanes of at least 4 members (excludes halogenated alkanes) is 3. The summed E-state index contributed by atoms with van der Waals surface area (Å²) in [5, 5.41) is 10.3. The average molecular weight is 214 g/mol. The van der Waals surface area contributed by atoms with Gasteiger partial charge in [-0.2, -0.15) is 0 Å². The second-order valence-electron chi connectivity index (χ2n) is 4.97. The van der Waals surface area contributed by atoms with E-state index in [0.29, 0.717) is 6.10 Å². The van der Waals surface area contributed by atoms with Gasteiger partial charge in [0.2, 0.25) is 0 Å². The molecule has 0 aromatic heterocycles. The van der Waals surface area contributed by atoms with E-state index in [1.807, 2.05) is 0 Å². The predicted molar refractivity (Wildman–Crippen MR) is 63.0 cm³/mol. The molecular weight excluding hydrogens is 188 g/mol. The van der Waals surface area contributed by atoms with Crippen LogP contribution in [0.25, 0.3) is 0 Å². The highest BCUT2D eigenvalue weighted by molar-refractivity contribution is 4.85. The molecule has 0 amide bonds. The van der Waals surface area contributed by atoms with E-state index in [1.54, 1.807) is 7.11 Å². The van der Waals surface area contributed by atoms with Gasteiger partial charge >= 0.3 is 0 Å². The van der Waals surface area contributed by atoms with Gasteiger partial charge in [-0.3, -0.25) is 0 Å². The minimum Gasteiger partial charge on any atom is -0.390 e. The maximum Gasteiger partial charge on any atom is 0.0649 e. The second kappa shape index (κ2) is 6.49. The minimum absolute atomic E-state index is 0.372. The van der Waals surface area contributed by atoms with Crippen LogP contribution in [0, 0.1) is 0 Å². The van der Waals surface area contributed by atoms with Crippen LogP contribution in [0.15, 0.2) is 0 Å². The Balaban J connectivity index is 2.17. The fourth-order valence-electron chi connectivity index (χ4n) is 2.50. The first kappa shape index (κ1) is 13.0. The van der Waals surface area contributed by atoms with Crippen molar-refractivity contribution in [3.63, 3.8) is 0 Å². The first-order valence-corrected chi connectivity index (χ1v) is 6.45. The topological polar surface area (TPSA) is 29.5 Å². The van der Waals surface area contributed by atoms with E-state index < -0.39 is 0 Å². The standard InChI is InChI=1S/C13H26O2/c1-3-4-5-6-9-13(14)10-7-12(15-2)8-11-13/h12,14H,3-11H2,1-2H3. The summed E-state index contributed by atoms with van der Waals surface area (Å²) < 4.78 is 5.32. The van der Waals surface area contributed by atoms with Gasteiger partial charge in [-0.15, -0.1) is 0 Å². The molecule has 0 aromatic rings. The zero-order valence-corrected chi connectivity index (χ0v) is 10.3. The Morgan fingerprint density at radius 2 is 1.87 bits per heavy atom. The van der Waals surface area contributed by atoms with Crippen LogP contribution in [0.4, 0.5) is 0 Å². The Morgan fingerprint density at radius 1 is 1.20 bits per heavy atom. The highest BCUT2D eigenvalue weighted by Crippen LogP contribution is 2.33. The zero-order valence-electron chi connectivity index (χ0n) is 10.3. The van der Waals surface area contributed by atoms with E-state index in [0.717, 1.165) is 32.1 Å². The lowest BCUT2D eigenvalue weighted by molar-refractivity contribution is -0.0493. The van der Waals surface area contributed by atoms with E-state index in [1.165, 1.54) is 25.7 Å². The molecule has 1 N–H and O–H groups in total. The van der Waals surface area contributed by atoms with Gasteiger partial charge in [0.05, 0.1) is 11.7 Å². The van der Waals surface area contributed by atoms with Crippen molar-refractivity contribution in [2.45, 2.75) is 76.4 Å². The summed E-state index contributed by atoms with van der Waals surface area (Å²) in [6, 6.07) is 0. The molecule has 0 radical (unpaired) electrons. The number of methoxy groups -OCH3 is 1. The molecule has 15 heavy (non-hydrogen) atoms. The molecule has 0 atom stereocenters. The van der Waals surface area contributed by atoms with Gasteiger partial charge in [0.25, 0.3) is 0 Å². The van der Waals surface area contributed by atoms with Crippen molar-refractivity contribution in [1.82, 2.24) is 0 Å². The molecule has 1 aliphatic rings. The van der Waals surface area contributed by atoms with Crippen molar-refractivity contribution >= 4 is 0 Å². The summed E-state index contributed by atoms with van der Waals surface area (Å²) in [7, 11) is 1.77. The van der Waals surface area contributed by atoms with Crippen LogP contribution in [-0.4, -0.2) is 23.9 Å². The summed E-state index contributed by atoms with van der Waals surface area (Å²) in [4.78, 5) is 0. The molecule has 90 valence electrons. The zero-order chi connectivity index (χ0) is 11.1. The predicted octanol–water partition coefficient (Wildman–Crippen LogP) is 3.28. The van der Waals surface area contributed by atoms with Crippen LogP contribution < -0.4 is 0 Å². The molecular formula is C13H26O2. The Morgan fingerprint density at radius 3 is 2.40 bits per heavy atom. The number of aliphatic hydroxyl groups is 1. The average Bonchev–Trinajstić information content (AvgIpc) is 2.26. The fourth-order valence-corrected chi connectivity index (χ4v) is 2.50. The third kappa shape index (κ3) is 4.52. The van der Waals surface area contributed by atoms with E-state index in [9.17, 15) is 5.11 Å². The van der Waals surface area contributed by atoms with Gasteiger partial charge in [-0.05, 0) is 32.1 Å². The van der Waals surface area contributed by atoms with Crippen molar-refractivity contribution in [2.24, 2.45) is 0 Å². The van der Waals surface area contributed by atoms with Gasteiger partial charge < -0.3 is 9.84 Å². The molecule has 1 fully saturated rings. The molecule has 0 spiro atoms. The molecule has 0 unspecified atom stereocenters. The molecule has 1 saturated carbocycles. The van der Waals surface area contributed by atoms with Crippen LogP contribution in [0.2, 0.25) is 0 Å². The number of hydrogen-bond donors (Lipinski definition) is 1. The quantitative estimate of drug-likeness (QED) is 0.688. The number of ether oxygens (including phenoxy) is 1. The van der Waals surface area contributed by atoms with Crippen LogP contribution in [0.3, 0.4) is 0 Å². The maximum atomic E-state index is 10.3. The second-order valence-corrected chi connectivity index (χ2v) is 4.97. The first-order chi connectivity index (χ1) is 7.20. The normalized spacial score (nSPS) is 31.8. The monoisotopic (exact) mass is 214 g/mol. The Hall–Kier alpha value is -0.0800. The molecule has 1 aliphatic carbocycles. The molecule has 0 aromatic carbocycles. The summed E-state index contributed by atoms with van der Waals surface area (Å²) in [5.74, 6) is 0. The Kier molecular flexibility index (Phi) is 5.62. The first-order valence-electron chi connectivity index (χ1n) is 6.45. The molecule has 0 heterocycles. The van der Waals surface area contributed by atoms with Crippen molar-refractivity contribution in [3.8, 4) is 0 Å². The van der Waals surface area contributed by atoms with Gasteiger partial charge in [0.15, 0.2) is 0 Å². The lowest BCUT2D eigenvalue weighted by Gasteiger charge is -2.35. The number of rotatable bonds is 6. The molecule has 1 rings (SSSR count). The smallest absolute Gasteiger partial charge is 0.0649 e. The van der Waals surface area contributed by atoms with E-state index in [-0.39, 0.29) is 5.60 Å². The van der Waals surface area contributed by atoms with Crippen molar-refractivity contribution in [3.05, 3.63) is 0 Å². The Bertz CT molecular complexity index is 160. The van der Waals surface area contributed by atoms with Crippen LogP contribution in [-0.2, 0) is 4.74 Å². The summed E-state index contributed by atoms with van der Waals surface area (Å²) in [5.41, 5.74) is -0.372. The summed E-state index contributed by atoms with van der Waals surface area (Å²) >= 11 is 0. The van der Waals surface area contributed by atoms with Crippen molar-refractivity contribution in [1.29, 1.82) is 0 Å². The fraction of sp³-hybridized carbons (Fsp3) is 1.00. The molecule has 2 heteroatoms. The van der Waals surface area contributed by atoms with E-state index in [4.69, 9.17) is 4.74 Å². The lowest BCUT2D eigenvalue weighted by atomic mass is 9.80. The maximum absolute atomic E-state index is 10.3. The SMILES string of the molecule is CCCCCCC1(O)CCC(OC)CC1. The van der Waals surface area contributed by atoms with Crippen LogP contribution in [0.5, 0.6) is 0 Å². The molecule has 0 bridgehead atoms. The highest BCUT2D eigenvalue weighted by atomic mass is 16.5. The van der Waals surface area contributed by atoms with Gasteiger partial charge in [-0.25, -0.2) is 0 Å². The minimum atomic E-state index is -0.372. The van der Waals surface area contributed by atoms with Crippen LogP contribution in [0.1, 0.15) is 64.7 Å². The van der Waals surface area contributed by atoms with E-state index >= 15 is 0 Å². The Labute approximate surface area is 94.0 Å². The van der Waals surface area contributed by atoms with Gasteiger partial charge in [0.1, 0.15) is 0 Å². The molecule has 0 saturated heterocycles. The number of hydrogen-bond acceptors (Lipinski definition) is 2. The van der Waals surface area contributed by atoms with Crippen LogP contribution >= 0.6 is 0 Å². The largest absolute Gasteiger partial charge is 0.390 e. The summed E-state index contributed by atoms with van der Waals surface area (Å²) in [6.45, 7) is 2.22. The third-order valence-corrected chi connectivity index (χ3v) is 3.69. The summed E-state index contributed by atoms with van der Waals surface area (Å²) in [6.07, 6.45) is 10.3. The third-order valence-electron chi connectivity index (χ3n) is 3.69. The molecule has 2 nitrogen and oxygen atoms in total. The van der Waals surface area contributed by atoms with Crippen molar-refractivity contribution in [2.75, 3.05) is 7.11 Å². The van der Waals surface area contributed by atoms with Gasteiger partial charge in [-0.1, -0.05) is 32.6 Å². The highest BCUT2D eigenvalue weighted by Gasteiger charge is 2.32.